The Hall–Kier alpha value is -5.93. The number of nitrogens with zero attached hydrogens (tertiary/aromatic N) is 3. The standard InChI is InChI=1S/C37H20BN3O2/c39-21-22-15-17-23(18-16-22)40-29-11-5-13-31-35(29)38-36-30(40)12-6-14-32(36)43-34-20-24(19-33(42-31)37(34)38)41-27-9-3-1-7-25(27)26-8-2-4-10-28(26)41/h1-20H. The third-order valence-corrected chi connectivity index (χ3v) is 9.06. The average Bonchev–Trinajstić information content (AvgIpc) is 3.39. The molecule has 4 heterocycles. The van der Waals surface area contributed by atoms with Gasteiger partial charge in [-0.25, -0.2) is 0 Å². The first-order chi connectivity index (χ1) is 21.3. The van der Waals surface area contributed by atoms with E-state index in [9.17, 15) is 5.26 Å². The van der Waals surface area contributed by atoms with Crippen LogP contribution in [0.5, 0.6) is 23.0 Å². The van der Waals surface area contributed by atoms with Crippen molar-refractivity contribution in [2.75, 3.05) is 4.90 Å². The van der Waals surface area contributed by atoms with Gasteiger partial charge in [0, 0.05) is 45.4 Å². The molecule has 0 atom stereocenters. The van der Waals surface area contributed by atoms with Crippen molar-refractivity contribution in [3.05, 3.63) is 127 Å². The molecule has 0 aliphatic carbocycles. The summed E-state index contributed by atoms with van der Waals surface area (Å²) < 4.78 is 15.8. The molecule has 0 amide bonds. The molecular formula is C37H20BN3O2. The van der Waals surface area contributed by atoms with E-state index in [4.69, 9.17) is 9.47 Å². The largest absolute Gasteiger partial charge is 0.458 e. The van der Waals surface area contributed by atoms with E-state index >= 15 is 0 Å². The van der Waals surface area contributed by atoms with Gasteiger partial charge in [-0.1, -0.05) is 48.5 Å². The lowest BCUT2D eigenvalue weighted by atomic mass is 9.33. The summed E-state index contributed by atoms with van der Waals surface area (Å²) in [6.45, 7) is -0.0215. The summed E-state index contributed by atoms with van der Waals surface area (Å²) in [6.07, 6.45) is 0. The molecule has 3 aliphatic heterocycles. The van der Waals surface area contributed by atoms with Crippen LogP contribution in [0, 0.1) is 11.3 Å². The molecule has 198 valence electrons. The first-order valence-corrected chi connectivity index (χ1v) is 14.4. The number of ether oxygens (including phenoxy) is 2. The lowest BCUT2D eigenvalue weighted by Crippen LogP contribution is -2.61. The first kappa shape index (κ1) is 22.7. The van der Waals surface area contributed by atoms with Crippen molar-refractivity contribution in [1.82, 2.24) is 4.57 Å². The van der Waals surface area contributed by atoms with Gasteiger partial charge in [-0.3, -0.25) is 0 Å². The smallest absolute Gasteiger partial charge is 0.266 e. The molecule has 0 saturated carbocycles. The zero-order valence-corrected chi connectivity index (χ0v) is 22.8. The molecule has 0 radical (unpaired) electrons. The lowest BCUT2D eigenvalue weighted by Gasteiger charge is -2.42. The van der Waals surface area contributed by atoms with Crippen LogP contribution in [-0.4, -0.2) is 11.3 Å². The number of hydrogen-bond acceptors (Lipinski definition) is 4. The number of rotatable bonds is 2. The van der Waals surface area contributed by atoms with Crippen LogP contribution in [0.25, 0.3) is 27.5 Å². The number of anilines is 3. The molecule has 3 aliphatic rings. The van der Waals surface area contributed by atoms with E-state index in [0.29, 0.717) is 5.56 Å². The molecule has 1 aromatic heterocycles. The van der Waals surface area contributed by atoms with E-state index in [0.717, 1.165) is 73.2 Å². The SMILES string of the molecule is N#Cc1ccc(N2c3cccc4c3B3c5c(cc(-n6c7ccccc7c7ccccc76)cc5Oc5cccc2c53)O4)cc1. The second kappa shape index (κ2) is 8.09. The summed E-state index contributed by atoms with van der Waals surface area (Å²) in [5.74, 6) is 3.33. The van der Waals surface area contributed by atoms with Crippen LogP contribution in [0.2, 0.25) is 0 Å². The predicted octanol–water partition coefficient (Wildman–Crippen LogP) is 7.17. The number of nitriles is 1. The minimum Gasteiger partial charge on any atom is -0.458 e. The van der Waals surface area contributed by atoms with Gasteiger partial charge in [-0.05, 0) is 71.6 Å². The molecule has 0 spiro atoms. The van der Waals surface area contributed by atoms with Crippen molar-refractivity contribution >= 4 is 62.0 Å². The number of para-hydroxylation sites is 2. The Kier molecular flexibility index (Phi) is 4.28. The zero-order chi connectivity index (χ0) is 28.2. The van der Waals surface area contributed by atoms with Gasteiger partial charge in [0.25, 0.3) is 6.71 Å². The maximum atomic E-state index is 9.39. The third kappa shape index (κ3) is 2.91. The van der Waals surface area contributed by atoms with E-state index in [1.54, 1.807) is 0 Å². The predicted molar refractivity (Wildman–Crippen MR) is 171 cm³/mol. The Balaban J connectivity index is 1.23. The molecule has 0 unspecified atom stereocenters. The quantitative estimate of drug-likeness (QED) is 0.215. The summed E-state index contributed by atoms with van der Waals surface area (Å²) in [7, 11) is 0. The van der Waals surface area contributed by atoms with Crippen molar-refractivity contribution in [2.45, 2.75) is 0 Å². The van der Waals surface area contributed by atoms with Gasteiger partial charge >= 0.3 is 0 Å². The summed E-state index contributed by atoms with van der Waals surface area (Å²) in [6, 6.07) is 43.9. The maximum Gasteiger partial charge on any atom is 0.266 e. The molecule has 0 N–H and O–H groups in total. The molecule has 7 aromatic rings. The number of fused-ring (bicyclic) bond motifs is 3. The van der Waals surface area contributed by atoms with Gasteiger partial charge in [0.1, 0.15) is 23.0 Å². The molecule has 5 nitrogen and oxygen atoms in total. The fraction of sp³-hybridized carbons (Fsp3) is 0. The van der Waals surface area contributed by atoms with Crippen LogP contribution in [0.1, 0.15) is 5.56 Å². The van der Waals surface area contributed by atoms with E-state index in [-0.39, 0.29) is 6.71 Å². The van der Waals surface area contributed by atoms with Gasteiger partial charge < -0.3 is 18.9 Å². The minimum atomic E-state index is -0.0215. The third-order valence-electron chi connectivity index (χ3n) is 9.06. The molecule has 0 bridgehead atoms. The normalized spacial score (nSPS) is 13.4. The Morgan fingerprint density at radius 3 is 1.65 bits per heavy atom. The molecule has 10 rings (SSSR count). The summed E-state index contributed by atoms with van der Waals surface area (Å²) in [5.41, 5.74) is 10.4. The Morgan fingerprint density at radius 1 is 0.535 bits per heavy atom. The van der Waals surface area contributed by atoms with E-state index in [2.05, 4.69) is 113 Å². The highest BCUT2D eigenvalue weighted by molar-refractivity contribution is 7.00. The zero-order valence-electron chi connectivity index (χ0n) is 22.8. The highest BCUT2D eigenvalue weighted by atomic mass is 16.5. The summed E-state index contributed by atoms with van der Waals surface area (Å²) in [4.78, 5) is 2.25. The monoisotopic (exact) mass is 549 g/mol. The van der Waals surface area contributed by atoms with Crippen LogP contribution < -0.4 is 30.8 Å². The number of benzene rings is 6. The van der Waals surface area contributed by atoms with Gasteiger partial charge in [0.2, 0.25) is 0 Å². The van der Waals surface area contributed by atoms with Gasteiger partial charge in [-0.2, -0.15) is 5.26 Å². The molecular weight excluding hydrogens is 529 g/mol. The number of hydrogen-bond donors (Lipinski definition) is 0. The first-order valence-electron chi connectivity index (χ1n) is 14.4. The summed E-state index contributed by atoms with van der Waals surface area (Å²) >= 11 is 0. The molecule has 0 saturated heterocycles. The van der Waals surface area contributed by atoms with Gasteiger partial charge in [-0.15, -0.1) is 0 Å². The van der Waals surface area contributed by atoms with Gasteiger partial charge in [0.15, 0.2) is 0 Å². The van der Waals surface area contributed by atoms with Crippen LogP contribution in [0.4, 0.5) is 17.1 Å². The van der Waals surface area contributed by atoms with E-state index < -0.39 is 0 Å². The Labute approximate surface area is 247 Å². The Bertz CT molecular complexity index is 2250. The van der Waals surface area contributed by atoms with E-state index in [1.807, 2.05) is 24.3 Å². The molecule has 43 heavy (non-hydrogen) atoms. The van der Waals surface area contributed by atoms with Crippen molar-refractivity contribution < 1.29 is 9.47 Å². The summed E-state index contributed by atoms with van der Waals surface area (Å²) in [5, 5.41) is 11.8. The van der Waals surface area contributed by atoms with Crippen LogP contribution in [0.3, 0.4) is 0 Å². The van der Waals surface area contributed by atoms with Crippen LogP contribution in [0.15, 0.2) is 121 Å². The van der Waals surface area contributed by atoms with Gasteiger partial charge in [0.05, 0.1) is 28.4 Å². The maximum absolute atomic E-state index is 9.39. The molecule has 0 fully saturated rings. The van der Waals surface area contributed by atoms with Crippen molar-refractivity contribution in [2.24, 2.45) is 0 Å². The minimum absolute atomic E-state index is 0.0215. The highest BCUT2D eigenvalue weighted by Crippen LogP contribution is 2.46. The second-order valence-corrected chi connectivity index (χ2v) is 11.2. The van der Waals surface area contributed by atoms with Crippen molar-refractivity contribution in [1.29, 1.82) is 5.26 Å². The topological polar surface area (TPSA) is 50.4 Å². The lowest BCUT2D eigenvalue weighted by molar-refractivity contribution is 0.464. The average molecular weight is 549 g/mol. The fourth-order valence-corrected chi connectivity index (χ4v) is 7.35. The molecule has 6 aromatic carbocycles. The van der Waals surface area contributed by atoms with Crippen molar-refractivity contribution in [3.8, 4) is 34.8 Å². The van der Waals surface area contributed by atoms with Crippen LogP contribution >= 0.6 is 0 Å². The van der Waals surface area contributed by atoms with Crippen molar-refractivity contribution in [3.63, 3.8) is 0 Å². The number of aromatic nitrogens is 1. The van der Waals surface area contributed by atoms with Crippen LogP contribution in [-0.2, 0) is 0 Å². The molecule has 6 heteroatoms. The Morgan fingerprint density at radius 2 is 1.09 bits per heavy atom. The second-order valence-electron chi connectivity index (χ2n) is 11.2. The van der Waals surface area contributed by atoms with E-state index in [1.165, 1.54) is 10.8 Å². The fourth-order valence-electron chi connectivity index (χ4n) is 7.35. The highest BCUT2D eigenvalue weighted by Gasteiger charge is 2.47.